The van der Waals surface area contributed by atoms with E-state index in [1.807, 2.05) is 24.3 Å². The summed E-state index contributed by atoms with van der Waals surface area (Å²) in [5, 5.41) is 13.1. The standard InChI is InChI=1S/C14H15NO4S/c1-2-19-12(16)8-15-7-10-9-5-3-4-6-11(9)20-13(10)14(17)18/h3-6,15H,2,7-8H2,1H3,(H,17,18). The molecule has 1 heterocycles. The van der Waals surface area contributed by atoms with Gasteiger partial charge in [-0.05, 0) is 23.9 Å². The van der Waals surface area contributed by atoms with Crippen molar-refractivity contribution >= 4 is 33.4 Å². The minimum Gasteiger partial charge on any atom is -0.477 e. The van der Waals surface area contributed by atoms with Gasteiger partial charge in [0.05, 0.1) is 13.2 Å². The van der Waals surface area contributed by atoms with Crippen molar-refractivity contribution in [1.82, 2.24) is 5.32 Å². The van der Waals surface area contributed by atoms with Gasteiger partial charge in [-0.3, -0.25) is 4.79 Å². The van der Waals surface area contributed by atoms with E-state index in [0.717, 1.165) is 10.1 Å². The summed E-state index contributed by atoms with van der Waals surface area (Å²) < 4.78 is 5.74. The number of benzene rings is 1. The summed E-state index contributed by atoms with van der Waals surface area (Å²) in [4.78, 5) is 22.8. The van der Waals surface area contributed by atoms with Gasteiger partial charge in [0, 0.05) is 11.2 Å². The van der Waals surface area contributed by atoms with Gasteiger partial charge < -0.3 is 15.2 Å². The molecule has 0 aliphatic heterocycles. The quantitative estimate of drug-likeness (QED) is 0.799. The third kappa shape index (κ3) is 3.15. The molecule has 0 aliphatic rings. The molecular formula is C14H15NO4S. The van der Waals surface area contributed by atoms with Crippen molar-refractivity contribution in [2.24, 2.45) is 0 Å². The van der Waals surface area contributed by atoms with Crippen LogP contribution in [0.3, 0.4) is 0 Å². The van der Waals surface area contributed by atoms with Crippen molar-refractivity contribution in [3.8, 4) is 0 Å². The van der Waals surface area contributed by atoms with Gasteiger partial charge in [0.15, 0.2) is 0 Å². The van der Waals surface area contributed by atoms with E-state index < -0.39 is 5.97 Å². The number of carbonyl (C=O) groups excluding carboxylic acids is 1. The number of hydrogen-bond donors (Lipinski definition) is 2. The molecule has 0 spiro atoms. The summed E-state index contributed by atoms with van der Waals surface area (Å²) in [6.45, 7) is 2.47. The number of carbonyl (C=O) groups is 2. The van der Waals surface area contributed by atoms with Crippen LogP contribution in [0.4, 0.5) is 0 Å². The lowest BCUT2D eigenvalue weighted by Crippen LogP contribution is -2.24. The Hall–Kier alpha value is -1.92. The number of carboxylic acids is 1. The number of carboxylic acid groups (broad SMARTS) is 1. The Kier molecular flexibility index (Phi) is 4.70. The van der Waals surface area contributed by atoms with Crippen LogP contribution in [0.5, 0.6) is 0 Å². The lowest BCUT2D eigenvalue weighted by Gasteiger charge is -2.05. The van der Waals surface area contributed by atoms with Gasteiger partial charge in [-0.1, -0.05) is 18.2 Å². The summed E-state index contributed by atoms with van der Waals surface area (Å²) >= 11 is 1.25. The number of ether oxygens (including phenoxy) is 1. The highest BCUT2D eigenvalue weighted by Crippen LogP contribution is 2.31. The Morgan fingerprint density at radius 1 is 1.35 bits per heavy atom. The largest absolute Gasteiger partial charge is 0.477 e. The molecule has 0 fully saturated rings. The van der Waals surface area contributed by atoms with E-state index in [0.29, 0.717) is 23.6 Å². The minimum absolute atomic E-state index is 0.0665. The van der Waals surface area contributed by atoms with Crippen molar-refractivity contribution in [1.29, 1.82) is 0 Å². The Morgan fingerprint density at radius 2 is 2.10 bits per heavy atom. The molecule has 0 atom stereocenters. The van der Waals surface area contributed by atoms with Gasteiger partial charge in [0.25, 0.3) is 0 Å². The normalized spacial score (nSPS) is 10.7. The molecule has 5 nitrogen and oxygen atoms in total. The van der Waals surface area contributed by atoms with Gasteiger partial charge in [-0.25, -0.2) is 4.79 Å². The Balaban J connectivity index is 2.17. The predicted molar refractivity (Wildman–Crippen MR) is 77.1 cm³/mol. The molecule has 20 heavy (non-hydrogen) atoms. The number of fused-ring (bicyclic) bond motifs is 1. The molecular weight excluding hydrogens is 278 g/mol. The van der Waals surface area contributed by atoms with E-state index in [1.165, 1.54) is 11.3 Å². The van der Waals surface area contributed by atoms with Crippen LogP contribution in [0.2, 0.25) is 0 Å². The van der Waals surface area contributed by atoms with E-state index in [4.69, 9.17) is 4.74 Å². The molecule has 0 aliphatic carbocycles. The molecule has 2 N–H and O–H groups in total. The summed E-state index contributed by atoms with van der Waals surface area (Å²) in [6, 6.07) is 7.52. The Labute approximate surface area is 120 Å². The molecule has 2 aromatic rings. The lowest BCUT2D eigenvalue weighted by molar-refractivity contribution is -0.142. The van der Waals surface area contributed by atoms with Crippen LogP contribution in [0, 0.1) is 0 Å². The Bertz CT molecular complexity index is 635. The lowest BCUT2D eigenvalue weighted by atomic mass is 10.1. The number of thiophene rings is 1. The first kappa shape index (κ1) is 14.5. The predicted octanol–water partition coefficient (Wildman–Crippen LogP) is 2.25. The highest BCUT2D eigenvalue weighted by Gasteiger charge is 2.17. The van der Waals surface area contributed by atoms with Crippen LogP contribution in [0.15, 0.2) is 24.3 Å². The minimum atomic E-state index is -0.945. The van der Waals surface area contributed by atoms with E-state index in [9.17, 15) is 14.7 Å². The van der Waals surface area contributed by atoms with Crippen molar-refractivity contribution in [3.05, 3.63) is 34.7 Å². The maximum atomic E-state index is 11.3. The fraction of sp³-hybridized carbons (Fsp3) is 0.286. The number of hydrogen-bond acceptors (Lipinski definition) is 5. The topological polar surface area (TPSA) is 75.6 Å². The van der Waals surface area contributed by atoms with E-state index >= 15 is 0 Å². The van der Waals surface area contributed by atoms with Crippen LogP contribution in [0.1, 0.15) is 22.2 Å². The zero-order valence-electron chi connectivity index (χ0n) is 11.0. The van der Waals surface area contributed by atoms with Crippen LogP contribution in [0.25, 0.3) is 10.1 Å². The Morgan fingerprint density at radius 3 is 2.80 bits per heavy atom. The third-order valence-electron chi connectivity index (χ3n) is 2.77. The van der Waals surface area contributed by atoms with Crippen molar-refractivity contribution < 1.29 is 19.4 Å². The number of nitrogens with one attached hydrogen (secondary N) is 1. The van der Waals surface area contributed by atoms with Gasteiger partial charge in [-0.2, -0.15) is 0 Å². The maximum absolute atomic E-state index is 11.3. The second kappa shape index (κ2) is 6.49. The van der Waals surface area contributed by atoms with Crippen LogP contribution < -0.4 is 5.32 Å². The van der Waals surface area contributed by atoms with Crippen molar-refractivity contribution in [2.45, 2.75) is 13.5 Å². The average molecular weight is 293 g/mol. The summed E-state index contributed by atoms with van der Waals surface area (Å²) in [7, 11) is 0. The smallest absolute Gasteiger partial charge is 0.346 e. The zero-order valence-corrected chi connectivity index (χ0v) is 11.8. The fourth-order valence-corrected chi connectivity index (χ4v) is 3.01. The molecule has 1 aromatic carbocycles. The second-order valence-electron chi connectivity index (χ2n) is 4.12. The van der Waals surface area contributed by atoms with Crippen LogP contribution >= 0.6 is 11.3 Å². The monoisotopic (exact) mass is 293 g/mol. The van der Waals surface area contributed by atoms with Crippen molar-refractivity contribution in [3.63, 3.8) is 0 Å². The number of aromatic carboxylic acids is 1. The highest BCUT2D eigenvalue weighted by molar-refractivity contribution is 7.21. The molecule has 0 amide bonds. The van der Waals surface area contributed by atoms with Crippen LogP contribution in [-0.4, -0.2) is 30.2 Å². The second-order valence-corrected chi connectivity index (χ2v) is 5.17. The molecule has 6 heteroatoms. The molecule has 0 bridgehead atoms. The number of esters is 1. The molecule has 0 unspecified atom stereocenters. The first-order chi connectivity index (χ1) is 9.63. The van der Waals surface area contributed by atoms with E-state index in [1.54, 1.807) is 6.92 Å². The summed E-state index contributed by atoms with van der Waals surface area (Å²) in [5.74, 6) is -1.29. The fourth-order valence-electron chi connectivity index (χ4n) is 1.95. The highest BCUT2D eigenvalue weighted by atomic mass is 32.1. The summed E-state index contributed by atoms with van der Waals surface area (Å²) in [5.41, 5.74) is 0.711. The van der Waals surface area contributed by atoms with Crippen molar-refractivity contribution in [2.75, 3.05) is 13.2 Å². The average Bonchev–Trinajstić information content (AvgIpc) is 2.78. The molecule has 0 radical (unpaired) electrons. The maximum Gasteiger partial charge on any atom is 0.346 e. The van der Waals surface area contributed by atoms with Crippen LogP contribution in [-0.2, 0) is 16.1 Å². The SMILES string of the molecule is CCOC(=O)CNCc1c(C(=O)O)sc2ccccc12. The molecule has 0 saturated heterocycles. The molecule has 106 valence electrons. The zero-order chi connectivity index (χ0) is 14.5. The van der Waals surface area contributed by atoms with E-state index in [2.05, 4.69) is 5.32 Å². The van der Waals surface area contributed by atoms with Gasteiger partial charge in [0.1, 0.15) is 4.88 Å². The summed E-state index contributed by atoms with van der Waals surface area (Å²) in [6.07, 6.45) is 0. The van der Waals surface area contributed by atoms with E-state index in [-0.39, 0.29) is 12.5 Å². The molecule has 1 aromatic heterocycles. The first-order valence-electron chi connectivity index (χ1n) is 6.23. The number of rotatable bonds is 6. The van der Waals surface area contributed by atoms with Gasteiger partial charge >= 0.3 is 11.9 Å². The molecule has 0 saturated carbocycles. The van der Waals surface area contributed by atoms with Gasteiger partial charge in [-0.15, -0.1) is 11.3 Å². The molecule has 2 rings (SSSR count). The third-order valence-corrected chi connectivity index (χ3v) is 3.97. The van der Waals surface area contributed by atoms with Gasteiger partial charge in [0.2, 0.25) is 0 Å². The first-order valence-corrected chi connectivity index (χ1v) is 7.05.